The van der Waals surface area contributed by atoms with Crippen LogP contribution in [0.2, 0.25) is 5.02 Å². The molecule has 1 N–H and O–H groups in total. The van der Waals surface area contributed by atoms with Gasteiger partial charge in [0.2, 0.25) is 0 Å². The summed E-state index contributed by atoms with van der Waals surface area (Å²) >= 11 is 8.10. The van der Waals surface area contributed by atoms with E-state index in [1.807, 2.05) is 60.8 Å². The summed E-state index contributed by atoms with van der Waals surface area (Å²) in [4.78, 5) is 21.3. The molecule has 1 aliphatic carbocycles. The summed E-state index contributed by atoms with van der Waals surface area (Å²) in [6, 6.07) is 21.9. The molecule has 172 valence electrons. The Morgan fingerprint density at radius 3 is 2.65 bits per heavy atom. The van der Waals surface area contributed by atoms with Gasteiger partial charge in [0.1, 0.15) is 17.7 Å². The van der Waals surface area contributed by atoms with E-state index < -0.39 is 0 Å². The number of Topliss-reactive ketones (excluding diaryl/α,β-unsaturated/α-hetero) is 1. The second kappa shape index (κ2) is 10.5. The number of nitrogens with zero attached hydrogens (tertiary/aromatic N) is 1. The Balaban J connectivity index is 1.51. The van der Waals surface area contributed by atoms with Gasteiger partial charge in [0, 0.05) is 47.0 Å². The minimum absolute atomic E-state index is 0.214. The van der Waals surface area contributed by atoms with Gasteiger partial charge >= 0.3 is 0 Å². The first kappa shape index (κ1) is 22.8. The molecular weight excluding hydrogens is 464 g/mol. The number of H-pyrrole nitrogens is 1. The fourth-order valence-electron chi connectivity index (χ4n) is 4.39. The summed E-state index contributed by atoms with van der Waals surface area (Å²) in [5.74, 6) is 2.58. The van der Waals surface area contributed by atoms with Crippen molar-refractivity contribution in [1.82, 2.24) is 9.97 Å². The van der Waals surface area contributed by atoms with Crippen molar-refractivity contribution in [3.63, 3.8) is 0 Å². The lowest BCUT2D eigenvalue weighted by Crippen LogP contribution is -2.16. The van der Waals surface area contributed by atoms with Crippen LogP contribution in [0.25, 0.3) is 0 Å². The highest BCUT2D eigenvalue weighted by molar-refractivity contribution is 7.98. The zero-order valence-electron chi connectivity index (χ0n) is 18.7. The molecule has 0 saturated carbocycles. The quantitative estimate of drug-likeness (QED) is 0.266. The van der Waals surface area contributed by atoms with Crippen LogP contribution in [0.3, 0.4) is 0 Å². The molecule has 4 aromatic rings. The lowest BCUT2D eigenvalue weighted by molar-refractivity contribution is 0.0972. The number of benzene rings is 3. The van der Waals surface area contributed by atoms with Gasteiger partial charge in [0.25, 0.3) is 0 Å². The van der Waals surface area contributed by atoms with Crippen molar-refractivity contribution in [3.8, 4) is 5.75 Å². The van der Waals surface area contributed by atoms with Gasteiger partial charge in [-0.3, -0.25) is 4.79 Å². The number of imidazole rings is 1. The van der Waals surface area contributed by atoms with Gasteiger partial charge in [0.05, 0.1) is 5.02 Å². The number of rotatable bonds is 8. The van der Waals surface area contributed by atoms with Gasteiger partial charge in [-0.15, -0.1) is 11.8 Å². The number of nitrogens with one attached hydrogen (secondary N) is 1. The van der Waals surface area contributed by atoms with Gasteiger partial charge in [-0.25, -0.2) is 4.98 Å². The second-order valence-electron chi connectivity index (χ2n) is 8.32. The van der Waals surface area contributed by atoms with E-state index in [4.69, 9.17) is 16.3 Å². The van der Waals surface area contributed by atoms with E-state index in [1.54, 1.807) is 18.0 Å². The van der Waals surface area contributed by atoms with Crippen molar-refractivity contribution < 1.29 is 9.53 Å². The largest absolute Gasteiger partial charge is 0.485 e. The molecule has 1 aliphatic rings. The Labute approximate surface area is 208 Å². The Bertz CT molecular complexity index is 1280. The predicted octanol–water partition coefficient (Wildman–Crippen LogP) is 7.24. The third kappa shape index (κ3) is 5.06. The smallest absolute Gasteiger partial charge is 0.163 e. The Hall–Kier alpha value is -3.02. The maximum atomic E-state index is 12.7. The average molecular weight is 489 g/mol. The maximum Gasteiger partial charge on any atom is 0.163 e. The van der Waals surface area contributed by atoms with Crippen LogP contribution in [-0.4, -0.2) is 15.8 Å². The molecule has 0 aliphatic heterocycles. The van der Waals surface area contributed by atoms with Gasteiger partial charge in [-0.05, 0) is 48.2 Å². The highest BCUT2D eigenvalue weighted by atomic mass is 35.5. The molecule has 0 unspecified atom stereocenters. The molecule has 3 aromatic carbocycles. The van der Waals surface area contributed by atoms with E-state index in [1.165, 1.54) is 0 Å². The van der Waals surface area contributed by atoms with Crippen LogP contribution in [0, 0.1) is 0 Å². The molecular formula is C28H25ClN2O2S. The topological polar surface area (TPSA) is 55.0 Å². The van der Waals surface area contributed by atoms with Crippen LogP contribution in [0.1, 0.15) is 51.8 Å². The number of carbonyl (C=O) groups excluding carboxylic acids is 1. The monoisotopic (exact) mass is 488 g/mol. The zero-order chi connectivity index (χ0) is 23.3. The van der Waals surface area contributed by atoms with Crippen molar-refractivity contribution in [2.24, 2.45) is 0 Å². The van der Waals surface area contributed by atoms with Gasteiger partial charge in [-0.1, -0.05) is 54.1 Å². The fraction of sp³-hybridized carbons (Fsp3) is 0.214. The number of hydrogen-bond acceptors (Lipinski definition) is 4. The highest BCUT2D eigenvalue weighted by Gasteiger charge is 2.25. The van der Waals surface area contributed by atoms with Crippen LogP contribution in [0.15, 0.2) is 84.0 Å². The molecule has 34 heavy (non-hydrogen) atoms. The standard InChI is InChI=1S/C28H25ClN2O2S/c29-23-10-4-5-12-27(23)34-18-22-20-9-6-11-24(32)21(20)13-14-25(22)33-26(17-28-30-15-16-31-28)19-7-2-1-3-8-19/h1-5,7-8,10,12-16,26H,6,9,11,17-18H2,(H,30,31)/t26-/m0/s1. The van der Waals surface area contributed by atoms with E-state index in [-0.39, 0.29) is 11.9 Å². The first-order chi connectivity index (χ1) is 16.7. The van der Waals surface area contributed by atoms with Crippen molar-refractivity contribution in [3.05, 3.63) is 112 Å². The minimum Gasteiger partial charge on any atom is -0.485 e. The Kier molecular flexibility index (Phi) is 7.02. The van der Waals surface area contributed by atoms with Crippen LogP contribution >= 0.6 is 23.4 Å². The molecule has 6 heteroatoms. The van der Waals surface area contributed by atoms with Crippen molar-refractivity contribution >= 4 is 29.1 Å². The summed E-state index contributed by atoms with van der Waals surface area (Å²) in [5, 5.41) is 0.732. The summed E-state index contributed by atoms with van der Waals surface area (Å²) in [5.41, 5.74) is 4.10. The number of hydrogen-bond donors (Lipinski definition) is 1. The van der Waals surface area contributed by atoms with E-state index in [9.17, 15) is 4.79 Å². The predicted molar refractivity (Wildman–Crippen MR) is 137 cm³/mol. The van der Waals surface area contributed by atoms with Gasteiger partial charge in [0.15, 0.2) is 5.78 Å². The van der Waals surface area contributed by atoms with E-state index in [2.05, 4.69) is 22.1 Å². The Morgan fingerprint density at radius 2 is 1.85 bits per heavy atom. The molecule has 0 saturated heterocycles. The summed E-state index contributed by atoms with van der Waals surface area (Å²) in [6.07, 6.45) is 6.34. The molecule has 0 bridgehead atoms. The highest BCUT2D eigenvalue weighted by Crippen LogP contribution is 2.39. The first-order valence-corrected chi connectivity index (χ1v) is 12.8. The number of carbonyl (C=O) groups is 1. The fourth-order valence-corrected chi connectivity index (χ4v) is 5.69. The number of thioether (sulfide) groups is 1. The van der Waals surface area contributed by atoms with Crippen LogP contribution < -0.4 is 4.74 Å². The van der Waals surface area contributed by atoms with Crippen LogP contribution in [0.5, 0.6) is 5.75 Å². The molecule has 0 spiro atoms. The van der Waals surface area contributed by atoms with Gasteiger partial charge in [-0.2, -0.15) is 0 Å². The van der Waals surface area contributed by atoms with E-state index >= 15 is 0 Å². The van der Waals surface area contributed by atoms with Crippen LogP contribution in [-0.2, 0) is 18.6 Å². The maximum absolute atomic E-state index is 12.7. The van der Waals surface area contributed by atoms with Crippen molar-refractivity contribution in [2.45, 2.75) is 42.4 Å². The van der Waals surface area contributed by atoms with E-state index in [0.717, 1.165) is 56.6 Å². The molecule has 4 nitrogen and oxygen atoms in total. The third-order valence-electron chi connectivity index (χ3n) is 6.10. The average Bonchev–Trinajstić information content (AvgIpc) is 3.38. The number of ketones is 1. The molecule has 0 amide bonds. The first-order valence-electron chi connectivity index (χ1n) is 11.4. The molecule has 0 radical (unpaired) electrons. The number of ether oxygens (including phenoxy) is 1. The Morgan fingerprint density at radius 1 is 1.03 bits per heavy atom. The zero-order valence-corrected chi connectivity index (χ0v) is 20.2. The summed E-state index contributed by atoms with van der Waals surface area (Å²) in [6.45, 7) is 0. The minimum atomic E-state index is -0.214. The third-order valence-corrected chi connectivity index (χ3v) is 7.64. The van der Waals surface area contributed by atoms with Gasteiger partial charge < -0.3 is 9.72 Å². The molecule has 1 heterocycles. The molecule has 5 rings (SSSR count). The molecule has 1 aromatic heterocycles. The van der Waals surface area contributed by atoms with Crippen LogP contribution in [0.4, 0.5) is 0 Å². The van der Waals surface area contributed by atoms with E-state index in [0.29, 0.717) is 18.6 Å². The number of aromatic nitrogens is 2. The molecule has 0 fully saturated rings. The SMILES string of the molecule is O=C1CCCc2c1ccc(O[C@@H](Cc1ncc[nH]1)c1ccccc1)c2CSc1ccccc1Cl. The molecule has 1 atom stereocenters. The number of fused-ring (bicyclic) bond motifs is 1. The normalized spacial score (nSPS) is 14.0. The number of aromatic amines is 1. The summed E-state index contributed by atoms with van der Waals surface area (Å²) < 4.78 is 6.71. The number of halogens is 1. The lowest BCUT2D eigenvalue weighted by Gasteiger charge is -2.25. The van der Waals surface area contributed by atoms with Crippen molar-refractivity contribution in [1.29, 1.82) is 0 Å². The lowest BCUT2D eigenvalue weighted by atomic mass is 9.87. The summed E-state index contributed by atoms with van der Waals surface area (Å²) in [7, 11) is 0. The second-order valence-corrected chi connectivity index (χ2v) is 9.75. The van der Waals surface area contributed by atoms with Crippen molar-refractivity contribution in [2.75, 3.05) is 0 Å².